The van der Waals surface area contributed by atoms with E-state index in [1.807, 2.05) is 4.90 Å². The molecule has 0 unspecified atom stereocenters. The van der Waals surface area contributed by atoms with Gasteiger partial charge in [-0.2, -0.15) is 0 Å². The number of carbonyl (C=O) groups is 1. The predicted octanol–water partition coefficient (Wildman–Crippen LogP) is -1.10. The number of rotatable bonds is 0. The third-order valence-electron chi connectivity index (χ3n) is 2.14. The third-order valence-corrected chi connectivity index (χ3v) is 2.51. The van der Waals surface area contributed by atoms with Crippen LogP contribution in [-0.4, -0.2) is 47.0 Å². The molecular weight excluding hydrogens is 188 g/mol. The van der Waals surface area contributed by atoms with Crippen molar-refractivity contribution in [3.8, 4) is 0 Å². The zero-order valence-corrected chi connectivity index (χ0v) is 8.43. The van der Waals surface area contributed by atoms with E-state index in [0.29, 0.717) is 5.11 Å². The maximum atomic E-state index is 11.0. The van der Waals surface area contributed by atoms with Crippen molar-refractivity contribution >= 4 is 23.2 Å². The molecule has 0 aliphatic carbocycles. The predicted molar refractivity (Wildman–Crippen MR) is 53.7 cm³/mol. The van der Waals surface area contributed by atoms with Crippen molar-refractivity contribution in [1.82, 2.24) is 15.2 Å². The lowest BCUT2D eigenvalue weighted by Crippen LogP contribution is -2.53. The van der Waals surface area contributed by atoms with Crippen molar-refractivity contribution in [2.24, 2.45) is 5.84 Å². The molecule has 1 aliphatic heterocycles. The molecule has 6 heteroatoms. The maximum Gasteiger partial charge on any atom is 0.219 e. The fourth-order valence-electron chi connectivity index (χ4n) is 1.32. The second kappa shape index (κ2) is 4.38. The van der Waals surface area contributed by atoms with E-state index < -0.39 is 0 Å². The first-order valence-electron chi connectivity index (χ1n) is 4.16. The van der Waals surface area contributed by atoms with Crippen LogP contribution in [0, 0.1) is 0 Å². The summed E-state index contributed by atoms with van der Waals surface area (Å²) in [6.07, 6.45) is 0. The van der Waals surface area contributed by atoms with Crippen molar-refractivity contribution in [1.29, 1.82) is 0 Å². The second-order valence-corrected chi connectivity index (χ2v) is 3.33. The van der Waals surface area contributed by atoms with Gasteiger partial charge in [0.2, 0.25) is 5.91 Å². The Labute approximate surface area is 82.8 Å². The smallest absolute Gasteiger partial charge is 0.219 e. The molecular formula is C7H14N4OS. The SMILES string of the molecule is CC(=O)N1CCN(C(=S)NN)CC1. The summed E-state index contributed by atoms with van der Waals surface area (Å²) in [6.45, 7) is 4.52. The average Bonchev–Trinajstić information content (AvgIpc) is 2.17. The molecule has 1 rings (SSSR count). The Kier molecular flexibility index (Phi) is 3.44. The van der Waals surface area contributed by atoms with Crippen LogP contribution < -0.4 is 11.3 Å². The lowest BCUT2D eigenvalue weighted by atomic mass is 10.3. The molecule has 0 atom stereocenters. The molecule has 1 fully saturated rings. The Morgan fingerprint density at radius 2 is 1.77 bits per heavy atom. The molecule has 5 nitrogen and oxygen atoms in total. The van der Waals surface area contributed by atoms with Gasteiger partial charge in [0.05, 0.1) is 0 Å². The highest BCUT2D eigenvalue weighted by molar-refractivity contribution is 7.80. The first-order chi connectivity index (χ1) is 6.15. The van der Waals surface area contributed by atoms with Crippen LogP contribution in [0.4, 0.5) is 0 Å². The second-order valence-electron chi connectivity index (χ2n) is 2.94. The van der Waals surface area contributed by atoms with Crippen LogP contribution in [0.2, 0.25) is 0 Å². The Morgan fingerprint density at radius 1 is 1.31 bits per heavy atom. The normalized spacial score (nSPS) is 17.1. The molecule has 0 spiro atoms. The minimum Gasteiger partial charge on any atom is -0.345 e. The minimum absolute atomic E-state index is 0.117. The van der Waals surface area contributed by atoms with Gasteiger partial charge in [0, 0.05) is 33.1 Å². The van der Waals surface area contributed by atoms with Gasteiger partial charge >= 0.3 is 0 Å². The van der Waals surface area contributed by atoms with E-state index in [1.165, 1.54) is 0 Å². The number of amides is 1. The molecule has 1 amide bonds. The Bertz CT molecular complexity index is 213. The van der Waals surface area contributed by atoms with Crippen molar-refractivity contribution in [3.63, 3.8) is 0 Å². The summed E-state index contributed by atoms with van der Waals surface area (Å²) >= 11 is 4.97. The molecule has 1 aliphatic rings. The topological polar surface area (TPSA) is 61.6 Å². The van der Waals surface area contributed by atoms with Gasteiger partial charge in [-0.05, 0) is 12.2 Å². The maximum absolute atomic E-state index is 11.0. The van der Waals surface area contributed by atoms with Gasteiger partial charge in [-0.15, -0.1) is 0 Å². The monoisotopic (exact) mass is 202 g/mol. The fraction of sp³-hybridized carbons (Fsp3) is 0.714. The minimum atomic E-state index is 0.117. The molecule has 0 aromatic heterocycles. The van der Waals surface area contributed by atoms with Crippen LogP contribution in [0.5, 0.6) is 0 Å². The highest BCUT2D eigenvalue weighted by Gasteiger charge is 2.19. The highest BCUT2D eigenvalue weighted by Crippen LogP contribution is 2.01. The van der Waals surface area contributed by atoms with E-state index >= 15 is 0 Å². The van der Waals surface area contributed by atoms with E-state index in [-0.39, 0.29) is 5.91 Å². The van der Waals surface area contributed by atoms with Crippen molar-refractivity contribution < 1.29 is 4.79 Å². The zero-order chi connectivity index (χ0) is 9.84. The van der Waals surface area contributed by atoms with Crippen LogP contribution in [0.3, 0.4) is 0 Å². The van der Waals surface area contributed by atoms with Crippen molar-refractivity contribution in [2.75, 3.05) is 26.2 Å². The van der Waals surface area contributed by atoms with Crippen LogP contribution in [0.1, 0.15) is 6.92 Å². The summed E-state index contributed by atoms with van der Waals surface area (Å²) < 4.78 is 0. The molecule has 1 heterocycles. The number of hydrogen-bond donors (Lipinski definition) is 2. The standard InChI is InChI=1S/C7H14N4OS/c1-6(12)10-2-4-11(5-3-10)7(13)9-8/h2-5,8H2,1H3,(H,9,13). The lowest BCUT2D eigenvalue weighted by molar-refractivity contribution is -0.130. The van der Waals surface area contributed by atoms with Crippen LogP contribution in [0.25, 0.3) is 0 Å². The largest absolute Gasteiger partial charge is 0.345 e. The van der Waals surface area contributed by atoms with Crippen LogP contribution in [0.15, 0.2) is 0 Å². The molecule has 0 radical (unpaired) electrons. The van der Waals surface area contributed by atoms with Gasteiger partial charge in [-0.1, -0.05) is 0 Å². The molecule has 1 saturated heterocycles. The first kappa shape index (κ1) is 10.2. The number of piperazine rings is 1. The average molecular weight is 202 g/mol. The first-order valence-corrected chi connectivity index (χ1v) is 4.57. The van der Waals surface area contributed by atoms with Crippen LogP contribution >= 0.6 is 12.2 Å². The van der Waals surface area contributed by atoms with E-state index in [0.717, 1.165) is 26.2 Å². The van der Waals surface area contributed by atoms with Gasteiger partial charge in [0.25, 0.3) is 0 Å². The number of hydrogen-bond acceptors (Lipinski definition) is 3. The molecule has 0 aromatic carbocycles. The molecule has 13 heavy (non-hydrogen) atoms. The van der Waals surface area contributed by atoms with Gasteiger partial charge in [-0.25, -0.2) is 5.84 Å². The van der Waals surface area contributed by atoms with Crippen molar-refractivity contribution in [2.45, 2.75) is 6.92 Å². The molecule has 3 N–H and O–H groups in total. The summed E-state index contributed by atoms with van der Waals surface area (Å²) in [7, 11) is 0. The molecule has 0 saturated carbocycles. The molecule has 74 valence electrons. The quantitative estimate of drug-likeness (QED) is 0.296. The highest BCUT2D eigenvalue weighted by atomic mass is 32.1. The zero-order valence-electron chi connectivity index (χ0n) is 7.62. The van der Waals surface area contributed by atoms with Gasteiger partial charge in [-0.3, -0.25) is 4.79 Å². The Hall–Kier alpha value is -0.880. The fourth-order valence-corrected chi connectivity index (χ4v) is 1.50. The summed E-state index contributed by atoms with van der Waals surface area (Å²) in [5.74, 6) is 5.30. The summed E-state index contributed by atoms with van der Waals surface area (Å²) in [5, 5.41) is 0.545. The lowest BCUT2D eigenvalue weighted by Gasteiger charge is -2.35. The number of thiocarbonyl (C=S) groups is 1. The third kappa shape index (κ3) is 2.53. The van der Waals surface area contributed by atoms with Gasteiger partial charge in [0.1, 0.15) is 0 Å². The number of nitrogens with one attached hydrogen (secondary N) is 1. The van der Waals surface area contributed by atoms with Gasteiger partial charge < -0.3 is 15.2 Å². The number of hydrazine groups is 1. The van der Waals surface area contributed by atoms with Crippen LogP contribution in [-0.2, 0) is 4.79 Å². The van der Waals surface area contributed by atoms with E-state index in [2.05, 4.69) is 5.43 Å². The summed E-state index contributed by atoms with van der Waals surface area (Å²) in [6, 6.07) is 0. The van der Waals surface area contributed by atoms with E-state index in [9.17, 15) is 4.79 Å². The summed E-state index contributed by atoms with van der Waals surface area (Å²) in [4.78, 5) is 14.7. The summed E-state index contributed by atoms with van der Waals surface area (Å²) in [5.41, 5.74) is 2.43. The Morgan fingerprint density at radius 3 is 2.15 bits per heavy atom. The van der Waals surface area contributed by atoms with Gasteiger partial charge in [0.15, 0.2) is 5.11 Å². The molecule has 0 aromatic rings. The van der Waals surface area contributed by atoms with E-state index in [1.54, 1.807) is 11.8 Å². The Balaban J connectivity index is 2.39. The van der Waals surface area contributed by atoms with E-state index in [4.69, 9.17) is 18.1 Å². The number of nitrogens with two attached hydrogens (primary N) is 1. The van der Waals surface area contributed by atoms with Crippen molar-refractivity contribution in [3.05, 3.63) is 0 Å². The number of nitrogens with zero attached hydrogens (tertiary/aromatic N) is 2. The molecule has 0 bridgehead atoms. The number of carbonyl (C=O) groups excluding carboxylic acids is 1.